The first-order chi connectivity index (χ1) is 12.9. The Balaban J connectivity index is 1.60. The van der Waals surface area contributed by atoms with Crippen molar-refractivity contribution >= 4 is 23.5 Å². The highest BCUT2D eigenvalue weighted by molar-refractivity contribution is 5.99. The third kappa shape index (κ3) is 4.53. The Morgan fingerprint density at radius 1 is 1.07 bits per heavy atom. The van der Waals surface area contributed by atoms with Crippen molar-refractivity contribution in [1.29, 1.82) is 0 Å². The summed E-state index contributed by atoms with van der Waals surface area (Å²) in [6, 6.07) is 16.8. The van der Waals surface area contributed by atoms with E-state index in [1.54, 1.807) is 24.1 Å². The van der Waals surface area contributed by atoms with E-state index in [4.69, 9.17) is 0 Å². The topological polar surface area (TPSA) is 69.7 Å². The van der Waals surface area contributed by atoms with Crippen molar-refractivity contribution in [2.24, 2.45) is 0 Å². The van der Waals surface area contributed by atoms with Crippen LogP contribution in [0.5, 0.6) is 0 Å². The largest absolute Gasteiger partial charge is 0.327 e. The second-order valence-electron chi connectivity index (χ2n) is 6.83. The van der Waals surface area contributed by atoms with Crippen LogP contribution in [0, 0.1) is 0 Å². The monoisotopic (exact) mass is 365 g/mol. The predicted octanol–water partition coefficient (Wildman–Crippen LogP) is 3.04. The first-order valence-corrected chi connectivity index (χ1v) is 8.91. The normalized spacial score (nSPS) is 15.9. The van der Waals surface area contributed by atoms with E-state index >= 15 is 0 Å². The summed E-state index contributed by atoms with van der Waals surface area (Å²) in [4.78, 5) is 38.7. The van der Waals surface area contributed by atoms with Gasteiger partial charge in [-0.25, -0.2) is 4.79 Å². The molecule has 6 heteroatoms. The summed E-state index contributed by atoms with van der Waals surface area (Å²) in [5.41, 5.74) is 2.75. The molecule has 1 aliphatic heterocycles. The van der Waals surface area contributed by atoms with Gasteiger partial charge in [-0.1, -0.05) is 42.5 Å². The number of likely N-dealkylation sites (tertiary alicyclic amines) is 1. The number of hydrogen-bond donors (Lipinski definition) is 1. The van der Waals surface area contributed by atoms with Gasteiger partial charge in [0.1, 0.15) is 0 Å². The number of amides is 4. The van der Waals surface area contributed by atoms with Crippen molar-refractivity contribution in [1.82, 2.24) is 9.80 Å². The zero-order chi connectivity index (χ0) is 19.4. The quantitative estimate of drug-likeness (QED) is 0.828. The molecule has 4 amide bonds. The molecule has 6 nitrogen and oxygen atoms in total. The van der Waals surface area contributed by atoms with E-state index in [0.717, 1.165) is 11.1 Å². The Hall–Kier alpha value is -3.15. The smallest absolute Gasteiger partial charge is 0.326 e. The maximum absolute atomic E-state index is 12.7. The standard InChI is InChI=1S/C21H23N3O3/c1-15(25)22-18-10-8-17(9-11-18)14-23(2)21(27)24-19(13-20(24)26)12-16-6-4-3-5-7-16/h3-11,19H,12-14H2,1-2H3,(H,22,25)/t19-/m1/s1. The van der Waals surface area contributed by atoms with Crippen molar-refractivity contribution in [3.63, 3.8) is 0 Å². The number of carbonyl (C=O) groups is 3. The zero-order valence-electron chi connectivity index (χ0n) is 15.5. The van der Waals surface area contributed by atoms with Crippen LogP contribution in [0.3, 0.4) is 0 Å². The molecule has 3 rings (SSSR count). The molecule has 0 unspecified atom stereocenters. The number of benzene rings is 2. The molecule has 0 spiro atoms. The van der Waals surface area contributed by atoms with E-state index in [2.05, 4.69) is 5.32 Å². The molecule has 1 fully saturated rings. The summed E-state index contributed by atoms with van der Waals surface area (Å²) in [5, 5.41) is 2.71. The minimum atomic E-state index is -0.280. The van der Waals surface area contributed by atoms with Crippen molar-refractivity contribution < 1.29 is 14.4 Å². The number of β-lactam (4-membered cyclic amide) rings is 1. The molecule has 0 saturated carbocycles. The Morgan fingerprint density at radius 2 is 1.74 bits per heavy atom. The van der Waals surface area contributed by atoms with Gasteiger partial charge >= 0.3 is 6.03 Å². The minimum Gasteiger partial charge on any atom is -0.326 e. The average Bonchev–Trinajstić information content (AvgIpc) is 2.63. The highest BCUT2D eigenvalue weighted by Crippen LogP contribution is 2.25. The predicted molar refractivity (Wildman–Crippen MR) is 103 cm³/mol. The van der Waals surface area contributed by atoms with Crippen LogP contribution >= 0.6 is 0 Å². The minimum absolute atomic E-state index is 0.0861. The van der Waals surface area contributed by atoms with Gasteiger partial charge in [-0.05, 0) is 29.7 Å². The molecular formula is C21H23N3O3. The van der Waals surface area contributed by atoms with Crippen LogP contribution in [0.15, 0.2) is 54.6 Å². The highest BCUT2D eigenvalue weighted by Gasteiger charge is 2.41. The number of nitrogens with zero attached hydrogens (tertiary/aromatic N) is 2. The number of rotatable bonds is 5. The van der Waals surface area contributed by atoms with Crippen molar-refractivity contribution in [2.75, 3.05) is 12.4 Å². The summed E-state index contributed by atoms with van der Waals surface area (Å²) in [5.74, 6) is -0.260. The lowest BCUT2D eigenvalue weighted by Crippen LogP contribution is -2.59. The summed E-state index contributed by atoms with van der Waals surface area (Å²) < 4.78 is 0. The molecule has 2 aromatic carbocycles. The SMILES string of the molecule is CC(=O)Nc1ccc(CN(C)C(=O)N2C(=O)C[C@H]2Cc2ccccc2)cc1. The van der Waals surface area contributed by atoms with Gasteiger partial charge in [0.2, 0.25) is 11.8 Å². The summed E-state index contributed by atoms with van der Waals surface area (Å²) in [7, 11) is 1.69. The average molecular weight is 365 g/mol. The van der Waals surface area contributed by atoms with Crippen LogP contribution in [0.2, 0.25) is 0 Å². The first-order valence-electron chi connectivity index (χ1n) is 8.91. The Labute approximate surface area is 158 Å². The Bertz CT molecular complexity index is 834. The molecule has 1 N–H and O–H groups in total. The van der Waals surface area contributed by atoms with E-state index in [0.29, 0.717) is 25.1 Å². The van der Waals surface area contributed by atoms with E-state index in [-0.39, 0.29) is 23.9 Å². The van der Waals surface area contributed by atoms with Gasteiger partial charge in [-0.15, -0.1) is 0 Å². The van der Waals surface area contributed by atoms with Crippen LogP contribution in [0.4, 0.5) is 10.5 Å². The lowest BCUT2D eigenvalue weighted by molar-refractivity contribution is -0.141. The highest BCUT2D eigenvalue weighted by atomic mass is 16.2. The molecule has 0 aliphatic carbocycles. The third-order valence-corrected chi connectivity index (χ3v) is 4.58. The Morgan fingerprint density at radius 3 is 2.33 bits per heavy atom. The van der Waals surface area contributed by atoms with E-state index in [9.17, 15) is 14.4 Å². The van der Waals surface area contributed by atoms with Gasteiger partial charge in [0.15, 0.2) is 0 Å². The molecule has 140 valence electrons. The van der Waals surface area contributed by atoms with Gasteiger partial charge in [0, 0.05) is 32.6 Å². The molecule has 1 atom stereocenters. The maximum Gasteiger partial charge on any atom is 0.327 e. The fourth-order valence-corrected chi connectivity index (χ4v) is 3.22. The molecule has 0 bridgehead atoms. The number of urea groups is 1. The number of anilines is 1. The van der Waals surface area contributed by atoms with Gasteiger partial charge in [0.25, 0.3) is 0 Å². The lowest BCUT2D eigenvalue weighted by atomic mass is 9.95. The maximum atomic E-state index is 12.7. The fraction of sp³-hybridized carbons (Fsp3) is 0.286. The second kappa shape index (κ2) is 8.03. The third-order valence-electron chi connectivity index (χ3n) is 4.58. The van der Waals surface area contributed by atoms with Crippen molar-refractivity contribution in [2.45, 2.75) is 32.4 Å². The van der Waals surface area contributed by atoms with Gasteiger partial charge in [0.05, 0.1) is 6.04 Å². The van der Waals surface area contributed by atoms with Gasteiger partial charge in [-0.2, -0.15) is 0 Å². The second-order valence-corrected chi connectivity index (χ2v) is 6.83. The molecule has 27 heavy (non-hydrogen) atoms. The van der Waals surface area contributed by atoms with Gasteiger partial charge < -0.3 is 10.2 Å². The summed E-state index contributed by atoms with van der Waals surface area (Å²) in [6.45, 7) is 1.84. The Kier molecular flexibility index (Phi) is 5.54. The molecule has 0 radical (unpaired) electrons. The van der Waals surface area contributed by atoms with E-state index in [1.807, 2.05) is 42.5 Å². The van der Waals surface area contributed by atoms with Crippen LogP contribution in [-0.4, -0.2) is 40.7 Å². The fourth-order valence-electron chi connectivity index (χ4n) is 3.22. The molecule has 1 heterocycles. The molecule has 2 aromatic rings. The van der Waals surface area contributed by atoms with Crippen LogP contribution in [-0.2, 0) is 22.6 Å². The molecule has 1 aliphatic rings. The molecule has 0 aromatic heterocycles. The van der Waals surface area contributed by atoms with Crippen LogP contribution < -0.4 is 5.32 Å². The van der Waals surface area contributed by atoms with Crippen LogP contribution in [0.1, 0.15) is 24.5 Å². The first kappa shape index (κ1) is 18.6. The number of hydrogen-bond acceptors (Lipinski definition) is 3. The van der Waals surface area contributed by atoms with Crippen LogP contribution in [0.25, 0.3) is 0 Å². The van der Waals surface area contributed by atoms with E-state index < -0.39 is 0 Å². The number of nitrogens with one attached hydrogen (secondary N) is 1. The van der Waals surface area contributed by atoms with E-state index in [1.165, 1.54) is 11.8 Å². The summed E-state index contributed by atoms with van der Waals surface area (Å²) >= 11 is 0. The molecule has 1 saturated heterocycles. The summed E-state index contributed by atoms with van der Waals surface area (Å²) in [6.07, 6.45) is 1.08. The zero-order valence-corrected chi connectivity index (χ0v) is 15.5. The van der Waals surface area contributed by atoms with Crippen molar-refractivity contribution in [3.8, 4) is 0 Å². The number of imide groups is 1. The van der Waals surface area contributed by atoms with Gasteiger partial charge in [-0.3, -0.25) is 14.5 Å². The number of carbonyl (C=O) groups excluding carboxylic acids is 3. The van der Waals surface area contributed by atoms with Crippen molar-refractivity contribution in [3.05, 3.63) is 65.7 Å². The lowest BCUT2D eigenvalue weighted by Gasteiger charge is -2.40. The molecular weight excluding hydrogens is 342 g/mol.